The third kappa shape index (κ3) is 4.52. The number of carbonyl (C=O) groups is 1. The quantitative estimate of drug-likeness (QED) is 0.658. The molecule has 1 fully saturated rings. The van der Waals surface area contributed by atoms with Gasteiger partial charge in [-0.05, 0) is 42.7 Å². The van der Waals surface area contributed by atoms with Crippen LogP contribution < -0.4 is 0 Å². The molecule has 2 aliphatic rings. The number of aryl methyl sites for hydroxylation is 1. The van der Waals surface area contributed by atoms with E-state index in [0.717, 1.165) is 48.4 Å². The zero-order valence-electron chi connectivity index (χ0n) is 18.4. The number of ether oxygens (including phenoxy) is 1. The van der Waals surface area contributed by atoms with Crippen molar-refractivity contribution < 1.29 is 19.7 Å². The highest BCUT2D eigenvalue weighted by Gasteiger charge is 2.27. The van der Waals surface area contributed by atoms with Gasteiger partial charge >= 0.3 is 5.97 Å². The van der Waals surface area contributed by atoms with E-state index in [4.69, 9.17) is 10.00 Å². The van der Waals surface area contributed by atoms with Gasteiger partial charge in [0.25, 0.3) is 0 Å². The summed E-state index contributed by atoms with van der Waals surface area (Å²) in [5, 5.41) is 30.4. The second-order valence-corrected chi connectivity index (χ2v) is 8.55. The Morgan fingerprint density at radius 3 is 2.41 bits per heavy atom. The normalized spacial score (nSPS) is 18.7. The number of nitriles is 1. The molecule has 1 aromatic heterocycles. The van der Waals surface area contributed by atoms with Gasteiger partial charge in [0.15, 0.2) is 0 Å². The lowest BCUT2D eigenvalue weighted by molar-refractivity contribution is 0.0470. The number of aromatic nitrogens is 1. The highest BCUT2D eigenvalue weighted by molar-refractivity contribution is 5.93. The zero-order chi connectivity index (χ0) is 22.8. The van der Waals surface area contributed by atoms with Gasteiger partial charge in [0.2, 0.25) is 0 Å². The number of carbonyl (C=O) groups excluding carboxylic acids is 1. The molecule has 168 valence electrons. The molecule has 0 saturated carbocycles. The molecular weight excluding hydrogens is 408 g/mol. The smallest absolute Gasteiger partial charge is 0.338 e. The number of esters is 1. The Kier molecular flexibility index (Phi) is 6.53. The number of aliphatic hydroxyl groups excluding tert-OH is 2. The van der Waals surface area contributed by atoms with Crippen LogP contribution in [-0.4, -0.2) is 70.2 Å². The van der Waals surface area contributed by atoms with Crippen molar-refractivity contribution in [2.24, 2.45) is 0 Å². The van der Waals surface area contributed by atoms with Crippen LogP contribution in [0.5, 0.6) is 0 Å². The van der Waals surface area contributed by atoms with Crippen LogP contribution in [0.1, 0.15) is 56.1 Å². The van der Waals surface area contributed by atoms with E-state index in [1.165, 1.54) is 6.20 Å². The lowest BCUT2D eigenvalue weighted by atomic mass is 9.95. The Hall–Kier alpha value is -2.83. The molecule has 3 heterocycles. The van der Waals surface area contributed by atoms with Crippen LogP contribution in [0.4, 0.5) is 0 Å². The van der Waals surface area contributed by atoms with E-state index in [-0.39, 0.29) is 12.6 Å². The van der Waals surface area contributed by atoms with Gasteiger partial charge < -0.3 is 14.9 Å². The molecule has 0 spiro atoms. The number of nitrogens with zero attached hydrogens (tertiary/aromatic N) is 4. The molecule has 8 heteroatoms. The molecule has 2 aromatic rings. The Balaban J connectivity index is 1.30. The lowest BCUT2D eigenvalue weighted by Crippen LogP contribution is -2.48. The molecule has 8 nitrogen and oxygen atoms in total. The first-order chi connectivity index (χ1) is 15.4. The van der Waals surface area contributed by atoms with Crippen LogP contribution in [0.2, 0.25) is 0 Å². The summed E-state index contributed by atoms with van der Waals surface area (Å²) in [6.45, 7) is 8.17. The maximum Gasteiger partial charge on any atom is 0.338 e. The summed E-state index contributed by atoms with van der Waals surface area (Å²) in [4.78, 5) is 20.4. The van der Waals surface area contributed by atoms with Crippen molar-refractivity contribution in [3.63, 3.8) is 0 Å². The summed E-state index contributed by atoms with van der Waals surface area (Å²) in [6.07, 6.45) is 0.160. The molecule has 1 unspecified atom stereocenters. The minimum atomic E-state index is -0.711. The average Bonchev–Trinajstić information content (AvgIpc) is 3.16. The number of hydrogen-bond acceptors (Lipinski definition) is 8. The van der Waals surface area contributed by atoms with Gasteiger partial charge in [0, 0.05) is 51.0 Å². The van der Waals surface area contributed by atoms with Gasteiger partial charge in [-0.15, -0.1) is 0 Å². The van der Waals surface area contributed by atoms with Crippen molar-refractivity contribution >= 4 is 5.97 Å². The largest absolute Gasteiger partial charge is 0.457 e. The van der Waals surface area contributed by atoms with E-state index in [1.54, 1.807) is 12.1 Å². The molecule has 2 atom stereocenters. The second kappa shape index (κ2) is 9.35. The first-order valence-corrected chi connectivity index (χ1v) is 10.8. The van der Waals surface area contributed by atoms with Crippen LogP contribution in [0.15, 0.2) is 24.4 Å². The number of benzene rings is 1. The minimum absolute atomic E-state index is 0.273. The molecule has 32 heavy (non-hydrogen) atoms. The van der Waals surface area contributed by atoms with Crippen molar-refractivity contribution in [1.82, 2.24) is 14.8 Å². The molecule has 4 rings (SSSR count). The Morgan fingerprint density at radius 1 is 1.12 bits per heavy atom. The predicted molar refractivity (Wildman–Crippen MR) is 117 cm³/mol. The van der Waals surface area contributed by atoms with Crippen LogP contribution in [0.25, 0.3) is 0 Å². The molecule has 0 amide bonds. The number of cyclic esters (lactones) is 1. The maximum atomic E-state index is 11.7. The van der Waals surface area contributed by atoms with Crippen molar-refractivity contribution in [3.05, 3.63) is 63.5 Å². The fraction of sp³-hybridized carbons (Fsp3) is 0.458. The Morgan fingerprint density at radius 2 is 1.78 bits per heavy atom. The SMILES string of the molecule is Cc1cc([C@@H](O)CN2CCN(CC(O)c3ccc4c(c3C)COC4=O)CC2)ncc1C#N. The fourth-order valence-corrected chi connectivity index (χ4v) is 4.44. The van der Waals surface area contributed by atoms with E-state index in [2.05, 4.69) is 20.9 Å². The zero-order valence-corrected chi connectivity index (χ0v) is 18.4. The highest BCUT2D eigenvalue weighted by atomic mass is 16.5. The first kappa shape index (κ1) is 22.4. The van der Waals surface area contributed by atoms with Gasteiger partial charge in [0.05, 0.1) is 22.9 Å². The highest BCUT2D eigenvalue weighted by Crippen LogP contribution is 2.29. The van der Waals surface area contributed by atoms with Gasteiger partial charge in [0.1, 0.15) is 18.8 Å². The van der Waals surface area contributed by atoms with E-state index in [1.807, 2.05) is 19.9 Å². The Bertz CT molecular complexity index is 1060. The monoisotopic (exact) mass is 436 g/mol. The summed E-state index contributed by atoms with van der Waals surface area (Å²) < 4.78 is 5.11. The number of fused-ring (bicyclic) bond motifs is 1. The summed E-state index contributed by atoms with van der Waals surface area (Å²) >= 11 is 0. The van der Waals surface area contributed by atoms with E-state index < -0.39 is 12.2 Å². The number of β-amino-alcohol motifs (C(OH)–C–C–N with tert-alkyl or cyclic N) is 2. The topological polar surface area (TPSA) is 110 Å². The molecule has 1 aromatic carbocycles. The lowest BCUT2D eigenvalue weighted by Gasteiger charge is -2.36. The molecule has 0 bridgehead atoms. The number of pyridine rings is 1. The van der Waals surface area contributed by atoms with Crippen molar-refractivity contribution in [2.45, 2.75) is 32.7 Å². The van der Waals surface area contributed by atoms with E-state index in [9.17, 15) is 15.0 Å². The van der Waals surface area contributed by atoms with E-state index in [0.29, 0.717) is 29.9 Å². The minimum Gasteiger partial charge on any atom is -0.457 e. The molecule has 0 radical (unpaired) electrons. The molecule has 1 saturated heterocycles. The predicted octanol–water partition coefficient (Wildman–Crippen LogP) is 1.63. The number of rotatable bonds is 6. The molecule has 2 N–H and O–H groups in total. The van der Waals surface area contributed by atoms with Crippen molar-refractivity contribution in [1.29, 1.82) is 5.26 Å². The molecule has 0 aliphatic carbocycles. The van der Waals surface area contributed by atoms with Crippen LogP contribution >= 0.6 is 0 Å². The third-order valence-electron chi connectivity index (χ3n) is 6.49. The molecule has 2 aliphatic heterocycles. The third-order valence-corrected chi connectivity index (χ3v) is 6.49. The number of piperazine rings is 1. The number of hydrogen-bond donors (Lipinski definition) is 2. The summed E-state index contributed by atoms with van der Waals surface area (Å²) in [7, 11) is 0. The van der Waals surface area contributed by atoms with Crippen LogP contribution in [-0.2, 0) is 11.3 Å². The Labute approximate surface area is 187 Å². The van der Waals surface area contributed by atoms with Crippen molar-refractivity contribution in [3.8, 4) is 6.07 Å². The van der Waals surface area contributed by atoms with Crippen molar-refractivity contribution in [2.75, 3.05) is 39.3 Å². The first-order valence-electron chi connectivity index (χ1n) is 10.8. The van der Waals surface area contributed by atoms with Gasteiger partial charge in [-0.2, -0.15) is 5.26 Å². The van der Waals surface area contributed by atoms with Crippen LogP contribution in [0, 0.1) is 25.2 Å². The fourth-order valence-electron chi connectivity index (χ4n) is 4.44. The maximum absolute atomic E-state index is 11.7. The summed E-state index contributed by atoms with van der Waals surface area (Å²) in [5.41, 5.74) is 5.14. The summed E-state index contributed by atoms with van der Waals surface area (Å²) in [5.74, 6) is -0.297. The average molecular weight is 437 g/mol. The summed E-state index contributed by atoms with van der Waals surface area (Å²) in [6, 6.07) is 7.43. The van der Waals surface area contributed by atoms with Gasteiger partial charge in [-0.1, -0.05) is 6.07 Å². The standard InChI is InChI=1S/C24H28N4O4/c1-15-9-21(26-11-17(15)10-25)23(30)13-28-7-5-27(6-8-28)12-22(29)18-3-4-19-20(16(18)2)14-32-24(19)31/h3-4,9,11,22-23,29-30H,5-8,12-14H2,1-2H3/t22?,23-/m0/s1. The second-order valence-electron chi connectivity index (χ2n) is 8.55. The van der Waals surface area contributed by atoms with Gasteiger partial charge in [-0.25, -0.2) is 4.79 Å². The van der Waals surface area contributed by atoms with Gasteiger partial charge in [-0.3, -0.25) is 14.8 Å². The molecular formula is C24H28N4O4. The van der Waals surface area contributed by atoms with E-state index >= 15 is 0 Å². The number of aliphatic hydroxyl groups is 2. The van der Waals surface area contributed by atoms with Crippen LogP contribution in [0.3, 0.4) is 0 Å².